The van der Waals surface area contributed by atoms with Gasteiger partial charge in [0.1, 0.15) is 5.69 Å². The van der Waals surface area contributed by atoms with E-state index in [-0.39, 0.29) is 5.91 Å². The Morgan fingerprint density at radius 3 is 3.14 bits per heavy atom. The van der Waals surface area contributed by atoms with E-state index in [1.165, 1.54) is 0 Å². The smallest absolute Gasteiger partial charge is 0.287 e. The Hall–Kier alpha value is -2.04. The number of H-pyrrole nitrogens is 1. The van der Waals surface area contributed by atoms with Gasteiger partial charge in [0.25, 0.3) is 5.91 Å². The van der Waals surface area contributed by atoms with Crippen molar-refractivity contribution < 1.29 is 4.79 Å². The number of hydrazine groups is 1. The number of amides is 1. The van der Waals surface area contributed by atoms with E-state index in [0.29, 0.717) is 12.2 Å². The van der Waals surface area contributed by atoms with Crippen LogP contribution in [0.2, 0.25) is 0 Å². The van der Waals surface area contributed by atoms with Crippen LogP contribution in [0.1, 0.15) is 10.5 Å². The Balaban J connectivity index is 1.95. The molecule has 0 saturated carbocycles. The summed E-state index contributed by atoms with van der Waals surface area (Å²) >= 11 is 0. The van der Waals surface area contributed by atoms with Gasteiger partial charge in [-0.25, -0.2) is 0 Å². The zero-order valence-electron chi connectivity index (χ0n) is 7.47. The molecule has 0 atom stereocenters. The van der Waals surface area contributed by atoms with Crippen molar-refractivity contribution in [3.05, 3.63) is 42.4 Å². The average molecular weight is 190 g/mol. The van der Waals surface area contributed by atoms with Crippen LogP contribution in [0, 0.1) is 0 Å². The number of aromatic nitrogens is 2. The summed E-state index contributed by atoms with van der Waals surface area (Å²) in [5, 5.41) is 7.99. The van der Waals surface area contributed by atoms with Gasteiger partial charge >= 0.3 is 0 Å². The second-order valence-electron chi connectivity index (χ2n) is 2.83. The average Bonchev–Trinajstić information content (AvgIpc) is 2.72. The summed E-state index contributed by atoms with van der Waals surface area (Å²) in [7, 11) is 0. The molecule has 0 bridgehead atoms. The predicted octanol–water partition coefficient (Wildman–Crippen LogP) is 0.440. The predicted molar refractivity (Wildman–Crippen MR) is 51.0 cm³/mol. The van der Waals surface area contributed by atoms with E-state index in [1.807, 2.05) is 18.2 Å². The summed E-state index contributed by atoms with van der Waals surface area (Å²) in [6.45, 7) is 0.677. The number of aromatic amines is 1. The first-order valence-electron chi connectivity index (χ1n) is 4.26. The zero-order valence-corrected chi connectivity index (χ0v) is 7.47. The number of rotatable bonds is 2. The number of allylic oxidation sites excluding steroid dienone is 2. The highest BCUT2D eigenvalue weighted by Crippen LogP contribution is 1.97. The molecule has 1 aromatic heterocycles. The Bertz CT molecular complexity index is 366. The minimum absolute atomic E-state index is 0.192. The van der Waals surface area contributed by atoms with E-state index < -0.39 is 0 Å². The second-order valence-corrected chi connectivity index (χ2v) is 2.83. The van der Waals surface area contributed by atoms with Gasteiger partial charge in [-0.05, 0) is 12.1 Å². The van der Waals surface area contributed by atoms with Crippen LogP contribution in [0.25, 0.3) is 0 Å². The van der Waals surface area contributed by atoms with Gasteiger partial charge in [0.05, 0.1) is 6.54 Å². The minimum atomic E-state index is -0.192. The molecule has 1 aliphatic heterocycles. The zero-order chi connectivity index (χ0) is 9.80. The lowest BCUT2D eigenvalue weighted by Crippen LogP contribution is -2.39. The topological polar surface area (TPSA) is 61.0 Å². The maximum absolute atomic E-state index is 11.5. The molecule has 0 aromatic carbocycles. The molecular weight excluding hydrogens is 180 g/mol. The third-order valence-electron chi connectivity index (χ3n) is 1.81. The molecule has 1 aliphatic rings. The van der Waals surface area contributed by atoms with Crippen molar-refractivity contribution >= 4 is 5.91 Å². The molecule has 0 saturated heterocycles. The van der Waals surface area contributed by atoms with Crippen molar-refractivity contribution in [1.82, 2.24) is 20.6 Å². The van der Waals surface area contributed by atoms with E-state index in [9.17, 15) is 4.79 Å². The molecule has 72 valence electrons. The highest BCUT2D eigenvalue weighted by Gasteiger charge is 2.08. The Kier molecular flexibility index (Phi) is 2.31. The van der Waals surface area contributed by atoms with Crippen molar-refractivity contribution in [3.8, 4) is 0 Å². The maximum atomic E-state index is 11.5. The van der Waals surface area contributed by atoms with Gasteiger partial charge in [-0.2, -0.15) is 5.10 Å². The van der Waals surface area contributed by atoms with E-state index >= 15 is 0 Å². The maximum Gasteiger partial charge on any atom is 0.287 e. The Labute approximate surface area is 81.1 Å². The fraction of sp³-hybridized carbons (Fsp3) is 0.111. The largest absolute Gasteiger partial charge is 0.289 e. The van der Waals surface area contributed by atoms with Crippen molar-refractivity contribution in [1.29, 1.82) is 0 Å². The summed E-state index contributed by atoms with van der Waals surface area (Å²) in [4.78, 5) is 11.5. The number of nitrogens with zero attached hydrogens (tertiary/aromatic N) is 2. The van der Waals surface area contributed by atoms with Gasteiger partial charge < -0.3 is 0 Å². The lowest BCUT2D eigenvalue weighted by Gasteiger charge is -2.20. The van der Waals surface area contributed by atoms with E-state index in [0.717, 1.165) is 0 Å². The molecule has 2 heterocycles. The van der Waals surface area contributed by atoms with Crippen LogP contribution in [0.3, 0.4) is 0 Å². The normalized spacial score (nSPS) is 14.4. The van der Waals surface area contributed by atoms with Gasteiger partial charge in [-0.1, -0.05) is 12.2 Å². The van der Waals surface area contributed by atoms with Crippen LogP contribution in [0.15, 0.2) is 36.7 Å². The van der Waals surface area contributed by atoms with Crippen LogP contribution < -0.4 is 5.43 Å². The summed E-state index contributed by atoms with van der Waals surface area (Å²) in [5.74, 6) is -0.192. The van der Waals surface area contributed by atoms with E-state index in [2.05, 4.69) is 15.6 Å². The number of carbonyl (C=O) groups is 1. The van der Waals surface area contributed by atoms with Gasteiger partial charge in [-0.3, -0.25) is 20.3 Å². The van der Waals surface area contributed by atoms with Crippen LogP contribution in [0.5, 0.6) is 0 Å². The molecule has 2 N–H and O–H groups in total. The first kappa shape index (κ1) is 8.55. The Morgan fingerprint density at radius 2 is 2.50 bits per heavy atom. The molecule has 5 nitrogen and oxygen atoms in total. The number of hydrogen-bond acceptors (Lipinski definition) is 3. The Morgan fingerprint density at radius 1 is 1.57 bits per heavy atom. The third-order valence-corrected chi connectivity index (χ3v) is 1.81. The molecule has 0 unspecified atom stereocenters. The highest BCUT2D eigenvalue weighted by atomic mass is 16.2. The summed E-state index contributed by atoms with van der Waals surface area (Å²) in [6.07, 6.45) is 9.08. The van der Waals surface area contributed by atoms with Crippen LogP contribution in [0.4, 0.5) is 0 Å². The number of hydrogen-bond donors (Lipinski definition) is 2. The SMILES string of the molecule is O=C(NN1C=CC=CC1)c1ccn[nH]1. The fourth-order valence-electron chi connectivity index (χ4n) is 1.12. The first-order valence-corrected chi connectivity index (χ1v) is 4.26. The summed E-state index contributed by atoms with van der Waals surface area (Å²) in [6, 6.07) is 1.62. The molecule has 0 spiro atoms. The van der Waals surface area contributed by atoms with Gasteiger partial charge in [0, 0.05) is 12.4 Å². The number of carbonyl (C=O) groups excluding carboxylic acids is 1. The molecule has 0 fully saturated rings. The molecule has 14 heavy (non-hydrogen) atoms. The molecule has 0 radical (unpaired) electrons. The standard InChI is InChI=1S/C9H10N4O/c14-9(8-4-5-10-11-8)12-13-6-2-1-3-7-13/h1-6H,7H2,(H,10,11)(H,12,14). The quantitative estimate of drug-likeness (QED) is 0.711. The van der Waals surface area contributed by atoms with E-state index in [4.69, 9.17) is 0 Å². The van der Waals surface area contributed by atoms with Gasteiger partial charge in [-0.15, -0.1) is 0 Å². The summed E-state index contributed by atoms with van der Waals surface area (Å²) < 4.78 is 0. The highest BCUT2D eigenvalue weighted by molar-refractivity contribution is 5.91. The van der Waals surface area contributed by atoms with Crippen molar-refractivity contribution in [2.45, 2.75) is 0 Å². The molecule has 1 aromatic rings. The minimum Gasteiger partial charge on any atom is -0.289 e. The lowest BCUT2D eigenvalue weighted by molar-refractivity contribution is 0.0855. The monoisotopic (exact) mass is 190 g/mol. The first-order chi connectivity index (χ1) is 6.86. The number of nitrogens with one attached hydrogen (secondary N) is 2. The molecule has 2 rings (SSSR count). The summed E-state index contributed by atoms with van der Waals surface area (Å²) in [5.41, 5.74) is 3.16. The van der Waals surface area contributed by atoms with Crippen molar-refractivity contribution in [2.24, 2.45) is 0 Å². The molecule has 5 heteroatoms. The van der Waals surface area contributed by atoms with Crippen LogP contribution >= 0.6 is 0 Å². The van der Waals surface area contributed by atoms with E-state index in [1.54, 1.807) is 23.5 Å². The molecule has 0 aliphatic carbocycles. The molecule has 1 amide bonds. The fourth-order valence-corrected chi connectivity index (χ4v) is 1.12. The van der Waals surface area contributed by atoms with Gasteiger partial charge in [0.15, 0.2) is 0 Å². The van der Waals surface area contributed by atoms with Crippen LogP contribution in [-0.2, 0) is 0 Å². The van der Waals surface area contributed by atoms with Gasteiger partial charge in [0.2, 0.25) is 0 Å². The second kappa shape index (κ2) is 3.78. The van der Waals surface area contributed by atoms with Crippen LogP contribution in [-0.4, -0.2) is 27.7 Å². The lowest BCUT2D eigenvalue weighted by atomic mass is 10.4. The molecular formula is C9H10N4O. The van der Waals surface area contributed by atoms with Crippen molar-refractivity contribution in [2.75, 3.05) is 6.54 Å². The van der Waals surface area contributed by atoms with Crippen molar-refractivity contribution in [3.63, 3.8) is 0 Å². The third kappa shape index (κ3) is 1.82.